The number of carboxylic acids is 1. The third-order valence-electron chi connectivity index (χ3n) is 2.13. The molecule has 5 heteroatoms. The lowest BCUT2D eigenvalue weighted by molar-refractivity contribution is -0.122. The number of ketones is 1. The highest BCUT2D eigenvalue weighted by molar-refractivity contribution is 9.10. The Bertz CT molecular complexity index is 417. The molecule has 0 aliphatic heterocycles. The average Bonchev–Trinajstić information content (AvgIpc) is 2.25. The van der Waals surface area contributed by atoms with Crippen LogP contribution in [-0.2, 0) is 4.79 Å². The maximum absolute atomic E-state index is 11.5. The standard InChI is InChI=1S/C12H13BrO4/c1-12(2,13)10(14)7-17-9-5-3-8(4-6-9)11(15)16/h3-6H,7H2,1-2H3,(H,15,16). The smallest absolute Gasteiger partial charge is 0.335 e. The Morgan fingerprint density at radius 2 is 1.82 bits per heavy atom. The van der Waals surface area contributed by atoms with Crippen molar-refractivity contribution in [2.45, 2.75) is 18.2 Å². The third kappa shape index (κ3) is 4.19. The summed E-state index contributed by atoms with van der Waals surface area (Å²) in [5, 5.41) is 8.70. The summed E-state index contributed by atoms with van der Waals surface area (Å²) in [6.45, 7) is 3.43. The van der Waals surface area contributed by atoms with Crippen LogP contribution in [-0.4, -0.2) is 27.8 Å². The first kappa shape index (κ1) is 13.7. The van der Waals surface area contributed by atoms with Gasteiger partial charge in [-0.15, -0.1) is 0 Å². The summed E-state index contributed by atoms with van der Waals surface area (Å²) >= 11 is 3.24. The Morgan fingerprint density at radius 3 is 2.24 bits per heavy atom. The van der Waals surface area contributed by atoms with Crippen LogP contribution in [0.5, 0.6) is 5.75 Å². The molecule has 0 bridgehead atoms. The lowest BCUT2D eigenvalue weighted by atomic mass is 10.1. The Hall–Kier alpha value is -1.36. The first-order chi connectivity index (χ1) is 7.80. The number of ether oxygens (including phenoxy) is 1. The Labute approximate surface area is 108 Å². The molecule has 0 saturated heterocycles. The highest BCUT2D eigenvalue weighted by Gasteiger charge is 2.23. The van der Waals surface area contributed by atoms with E-state index in [9.17, 15) is 9.59 Å². The van der Waals surface area contributed by atoms with Gasteiger partial charge in [-0.25, -0.2) is 4.79 Å². The van der Waals surface area contributed by atoms with Gasteiger partial charge in [-0.2, -0.15) is 0 Å². The number of hydrogen-bond donors (Lipinski definition) is 1. The van der Waals surface area contributed by atoms with Gasteiger partial charge in [0.25, 0.3) is 0 Å². The van der Waals surface area contributed by atoms with E-state index in [1.807, 2.05) is 0 Å². The second-order valence-electron chi connectivity index (χ2n) is 4.01. The van der Waals surface area contributed by atoms with Crippen molar-refractivity contribution in [3.05, 3.63) is 29.8 Å². The largest absolute Gasteiger partial charge is 0.486 e. The molecular weight excluding hydrogens is 288 g/mol. The number of rotatable bonds is 5. The molecule has 0 spiro atoms. The van der Waals surface area contributed by atoms with Gasteiger partial charge in [0.15, 0.2) is 5.78 Å². The second-order valence-corrected chi connectivity index (χ2v) is 6.00. The fourth-order valence-corrected chi connectivity index (χ4v) is 1.13. The number of carboxylic acid groups (broad SMARTS) is 1. The molecule has 0 aliphatic rings. The summed E-state index contributed by atoms with van der Waals surface area (Å²) in [5.74, 6) is -0.603. The minimum atomic E-state index is -0.991. The Balaban J connectivity index is 2.59. The number of benzene rings is 1. The second kappa shape index (κ2) is 5.31. The van der Waals surface area contributed by atoms with Crippen molar-refractivity contribution in [1.29, 1.82) is 0 Å². The minimum absolute atomic E-state index is 0.0509. The fourth-order valence-electron chi connectivity index (χ4n) is 1.01. The Morgan fingerprint density at radius 1 is 1.29 bits per heavy atom. The van der Waals surface area contributed by atoms with Gasteiger partial charge >= 0.3 is 5.97 Å². The van der Waals surface area contributed by atoms with Gasteiger partial charge in [0.1, 0.15) is 12.4 Å². The summed E-state index contributed by atoms with van der Waals surface area (Å²) < 4.78 is 4.64. The number of alkyl halides is 1. The van der Waals surface area contributed by atoms with Crippen LogP contribution >= 0.6 is 15.9 Å². The molecule has 4 nitrogen and oxygen atoms in total. The van der Waals surface area contributed by atoms with Crippen molar-refractivity contribution in [2.24, 2.45) is 0 Å². The Kier molecular flexibility index (Phi) is 4.28. The SMILES string of the molecule is CC(C)(Br)C(=O)COc1ccc(C(=O)O)cc1. The van der Waals surface area contributed by atoms with E-state index in [1.54, 1.807) is 13.8 Å². The van der Waals surface area contributed by atoms with Gasteiger partial charge in [-0.05, 0) is 38.1 Å². The first-order valence-electron chi connectivity index (χ1n) is 4.99. The van der Waals surface area contributed by atoms with Gasteiger partial charge in [0, 0.05) is 0 Å². The molecule has 0 radical (unpaired) electrons. The van der Waals surface area contributed by atoms with Gasteiger partial charge in [0.05, 0.1) is 9.89 Å². The topological polar surface area (TPSA) is 63.6 Å². The van der Waals surface area contributed by atoms with Crippen LogP contribution in [0.15, 0.2) is 24.3 Å². The molecule has 0 amide bonds. The summed E-state index contributed by atoms with van der Waals surface area (Å²) in [5.41, 5.74) is 0.185. The lowest BCUT2D eigenvalue weighted by Crippen LogP contribution is -2.29. The van der Waals surface area contributed by atoms with Gasteiger partial charge in [-0.1, -0.05) is 15.9 Å². The zero-order valence-corrected chi connectivity index (χ0v) is 11.2. The molecule has 17 heavy (non-hydrogen) atoms. The van der Waals surface area contributed by atoms with Crippen molar-refractivity contribution >= 4 is 27.7 Å². The molecule has 0 saturated carbocycles. The van der Waals surface area contributed by atoms with Crippen LogP contribution < -0.4 is 4.74 Å². The maximum Gasteiger partial charge on any atom is 0.335 e. The van der Waals surface area contributed by atoms with Gasteiger partial charge in [-0.3, -0.25) is 4.79 Å². The molecule has 0 aromatic heterocycles. The molecule has 1 aromatic carbocycles. The molecular formula is C12H13BrO4. The summed E-state index contributed by atoms with van der Waals surface area (Å²) in [7, 11) is 0. The predicted octanol–water partition coefficient (Wildman–Crippen LogP) is 2.51. The molecule has 0 atom stereocenters. The summed E-state index contributed by atoms with van der Waals surface area (Å²) in [6, 6.07) is 5.92. The summed E-state index contributed by atoms with van der Waals surface area (Å²) in [4.78, 5) is 22.2. The zero-order valence-electron chi connectivity index (χ0n) is 9.57. The van der Waals surface area contributed by atoms with E-state index in [0.29, 0.717) is 5.75 Å². The number of hydrogen-bond acceptors (Lipinski definition) is 3. The molecule has 1 aromatic rings. The lowest BCUT2D eigenvalue weighted by Gasteiger charge is -2.14. The van der Waals surface area contributed by atoms with E-state index in [1.165, 1.54) is 24.3 Å². The molecule has 1 N–H and O–H groups in total. The summed E-state index contributed by atoms with van der Waals surface area (Å²) in [6.07, 6.45) is 0. The molecule has 0 fully saturated rings. The van der Waals surface area contributed by atoms with E-state index < -0.39 is 10.3 Å². The van der Waals surface area contributed by atoms with Crippen LogP contribution in [0.4, 0.5) is 0 Å². The van der Waals surface area contributed by atoms with Crippen molar-refractivity contribution in [3.63, 3.8) is 0 Å². The van der Waals surface area contributed by atoms with Crippen molar-refractivity contribution < 1.29 is 19.4 Å². The first-order valence-corrected chi connectivity index (χ1v) is 5.78. The molecule has 0 aliphatic carbocycles. The van der Waals surface area contributed by atoms with Crippen LogP contribution in [0.2, 0.25) is 0 Å². The third-order valence-corrected chi connectivity index (χ3v) is 2.58. The molecule has 0 heterocycles. The highest BCUT2D eigenvalue weighted by Crippen LogP contribution is 2.18. The normalized spacial score (nSPS) is 11.0. The number of halogens is 1. The number of carbonyl (C=O) groups excluding carboxylic acids is 1. The quantitative estimate of drug-likeness (QED) is 0.849. The van der Waals surface area contributed by atoms with E-state index in [-0.39, 0.29) is 18.0 Å². The van der Waals surface area contributed by atoms with E-state index in [0.717, 1.165) is 0 Å². The minimum Gasteiger partial charge on any atom is -0.486 e. The predicted molar refractivity (Wildman–Crippen MR) is 66.9 cm³/mol. The van der Waals surface area contributed by atoms with Gasteiger partial charge in [0.2, 0.25) is 0 Å². The monoisotopic (exact) mass is 300 g/mol. The molecule has 0 unspecified atom stereocenters. The molecule has 1 rings (SSSR count). The zero-order chi connectivity index (χ0) is 13.1. The van der Waals surface area contributed by atoms with E-state index in [4.69, 9.17) is 9.84 Å². The van der Waals surface area contributed by atoms with E-state index >= 15 is 0 Å². The van der Waals surface area contributed by atoms with E-state index in [2.05, 4.69) is 15.9 Å². The number of Topliss-reactive ketones (excluding diaryl/α,β-unsaturated/α-hetero) is 1. The average molecular weight is 301 g/mol. The van der Waals surface area contributed by atoms with Crippen LogP contribution in [0.25, 0.3) is 0 Å². The maximum atomic E-state index is 11.5. The van der Waals surface area contributed by atoms with Crippen molar-refractivity contribution in [2.75, 3.05) is 6.61 Å². The fraction of sp³-hybridized carbons (Fsp3) is 0.333. The van der Waals surface area contributed by atoms with Gasteiger partial charge < -0.3 is 9.84 Å². The van der Waals surface area contributed by atoms with Crippen LogP contribution in [0.1, 0.15) is 24.2 Å². The highest BCUT2D eigenvalue weighted by atomic mass is 79.9. The molecule has 92 valence electrons. The van der Waals surface area contributed by atoms with Crippen molar-refractivity contribution in [3.8, 4) is 5.75 Å². The van der Waals surface area contributed by atoms with Crippen LogP contribution in [0.3, 0.4) is 0 Å². The number of aromatic carboxylic acids is 1. The van der Waals surface area contributed by atoms with Crippen LogP contribution in [0, 0.1) is 0 Å². The van der Waals surface area contributed by atoms with Crippen molar-refractivity contribution in [1.82, 2.24) is 0 Å². The number of carbonyl (C=O) groups is 2.